The summed E-state index contributed by atoms with van der Waals surface area (Å²) in [6.07, 6.45) is 15.3. The highest BCUT2D eigenvalue weighted by Gasteiger charge is 2.82. The Kier molecular flexibility index (Phi) is 5.08. The van der Waals surface area contributed by atoms with Gasteiger partial charge in [0.1, 0.15) is 6.10 Å². The summed E-state index contributed by atoms with van der Waals surface area (Å²) < 4.78 is 11.8. The maximum absolute atomic E-state index is 12.0. The predicted octanol–water partition coefficient (Wildman–Crippen LogP) is 7.42. The minimum absolute atomic E-state index is 0.0289. The fourth-order valence-corrected chi connectivity index (χ4v) is 12.3. The van der Waals surface area contributed by atoms with E-state index in [1.807, 2.05) is 14.0 Å². The Labute approximate surface area is 208 Å². The van der Waals surface area contributed by atoms with Gasteiger partial charge in [0.15, 0.2) is 0 Å². The van der Waals surface area contributed by atoms with Crippen LogP contribution in [0, 0.1) is 56.7 Å². The molecular formula is C31H50O3. The van der Waals surface area contributed by atoms with Gasteiger partial charge in [0.2, 0.25) is 0 Å². The van der Waals surface area contributed by atoms with Crippen LogP contribution in [0.15, 0.2) is 0 Å². The number of esters is 1. The van der Waals surface area contributed by atoms with Crippen molar-refractivity contribution >= 4 is 5.97 Å². The number of ether oxygens (including phenoxy) is 2. The minimum atomic E-state index is 0.0289. The van der Waals surface area contributed by atoms with E-state index in [4.69, 9.17) is 9.47 Å². The number of carbonyl (C=O) groups is 1. The van der Waals surface area contributed by atoms with Crippen molar-refractivity contribution in [1.29, 1.82) is 0 Å². The summed E-state index contributed by atoms with van der Waals surface area (Å²) in [5, 5.41) is 0. The zero-order valence-electron chi connectivity index (χ0n) is 23.0. The molecule has 0 N–H and O–H groups in total. The second-order valence-electron chi connectivity index (χ2n) is 15.1. The predicted molar refractivity (Wildman–Crippen MR) is 135 cm³/mol. The summed E-state index contributed by atoms with van der Waals surface area (Å²) in [6, 6.07) is 0. The molecule has 3 heteroatoms. The van der Waals surface area contributed by atoms with Crippen LogP contribution >= 0.6 is 0 Å². The van der Waals surface area contributed by atoms with Gasteiger partial charge >= 0.3 is 5.97 Å². The van der Waals surface area contributed by atoms with Crippen LogP contribution in [0.25, 0.3) is 0 Å². The van der Waals surface area contributed by atoms with E-state index < -0.39 is 0 Å². The van der Waals surface area contributed by atoms with Crippen LogP contribution in [0.3, 0.4) is 0 Å². The molecule has 0 amide bonds. The van der Waals surface area contributed by atoms with Crippen LogP contribution in [-0.2, 0) is 14.3 Å². The lowest BCUT2D eigenvalue weighted by Crippen LogP contribution is -2.57. The molecule has 2 spiro atoms. The zero-order valence-corrected chi connectivity index (χ0v) is 23.0. The lowest BCUT2D eigenvalue weighted by atomic mass is 9.41. The highest BCUT2D eigenvalue weighted by molar-refractivity contribution is 5.74. The molecule has 0 aromatic heterocycles. The first-order valence-electron chi connectivity index (χ1n) is 14.7. The fraction of sp³-hybridized carbons (Fsp3) is 0.968. The van der Waals surface area contributed by atoms with Crippen molar-refractivity contribution in [2.24, 2.45) is 56.7 Å². The molecule has 0 bridgehead atoms. The van der Waals surface area contributed by atoms with Crippen molar-refractivity contribution in [2.45, 2.75) is 124 Å². The van der Waals surface area contributed by atoms with Crippen LogP contribution in [0.1, 0.15) is 112 Å². The van der Waals surface area contributed by atoms with Crippen molar-refractivity contribution < 1.29 is 14.3 Å². The average Bonchev–Trinajstić information content (AvgIpc) is 3.21. The molecule has 5 aliphatic carbocycles. The first-order chi connectivity index (χ1) is 15.9. The highest BCUT2D eigenvalue weighted by atomic mass is 16.5. The first-order valence-corrected chi connectivity index (χ1v) is 14.7. The number of hydrogen-bond acceptors (Lipinski definition) is 3. The molecule has 11 atom stereocenters. The molecule has 0 aromatic rings. The van der Waals surface area contributed by atoms with Gasteiger partial charge in [-0.2, -0.15) is 0 Å². The number of hydrogen-bond donors (Lipinski definition) is 0. The normalized spacial score (nSPS) is 56.0. The molecule has 3 nitrogen and oxygen atoms in total. The molecule has 5 saturated carbocycles. The summed E-state index contributed by atoms with van der Waals surface area (Å²) in [7, 11) is 1.94. The van der Waals surface area contributed by atoms with Crippen LogP contribution in [0.5, 0.6) is 0 Å². The van der Waals surface area contributed by atoms with Gasteiger partial charge in [0.05, 0.1) is 12.0 Å². The third kappa shape index (κ3) is 2.72. The number of methoxy groups -OCH3 is 1. The van der Waals surface area contributed by atoms with Crippen LogP contribution in [0.2, 0.25) is 0 Å². The van der Waals surface area contributed by atoms with Gasteiger partial charge in [-0.1, -0.05) is 41.5 Å². The molecule has 1 aliphatic heterocycles. The molecule has 1 heterocycles. The maximum Gasteiger partial charge on any atom is 0.309 e. The quantitative estimate of drug-likeness (QED) is 0.401. The van der Waals surface area contributed by atoms with Crippen molar-refractivity contribution in [2.75, 3.05) is 7.11 Å². The Morgan fingerprint density at radius 1 is 0.941 bits per heavy atom. The number of fused-ring (bicyclic) bond motifs is 2. The zero-order chi connectivity index (χ0) is 24.3. The van der Waals surface area contributed by atoms with Gasteiger partial charge in [-0.05, 0) is 121 Å². The number of carbonyl (C=O) groups excluding carboxylic acids is 1. The SMILES string of the molecule is CO[C@@H]1CC[C@]23C[C@]24CC[C@]2(C)[C@@H]([C@H](C)C[C@@H]5C[C@@H](C)C(=O)O5)CC[C@@]2(C)[C@@H]4CC[C@H]3C1(C)C. The highest BCUT2D eigenvalue weighted by Crippen LogP contribution is 2.89. The Balaban J connectivity index is 1.24. The monoisotopic (exact) mass is 470 g/mol. The van der Waals surface area contributed by atoms with Gasteiger partial charge in [0, 0.05) is 7.11 Å². The third-order valence-corrected chi connectivity index (χ3v) is 14.0. The Morgan fingerprint density at radius 2 is 1.65 bits per heavy atom. The van der Waals surface area contributed by atoms with Gasteiger partial charge in [-0.25, -0.2) is 0 Å². The summed E-state index contributed by atoms with van der Waals surface area (Å²) in [5.74, 6) is 3.29. The lowest BCUT2D eigenvalue weighted by Gasteiger charge is -2.63. The van der Waals surface area contributed by atoms with E-state index in [1.54, 1.807) is 0 Å². The van der Waals surface area contributed by atoms with E-state index in [1.165, 1.54) is 57.8 Å². The standard InChI is InChI=1S/C31H50O3/c1-19(16-21-17-20(2)26(32)34-21)22-10-12-29(6)24-9-8-23-27(3,4)25(33-7)11-13-30(23)18-31(24,30)15-14-28(22,29)5/h19-25H,8-18H2,1-7H3/t19-,20-,21-,22-,23+,24+,25-,28-,29+,30-,31+/m1/s1. The molecular weight excluding hydrogens is 420 g/mol. The van der Waals surface area contributed by atoms with Gasteiger partial charge in [-0.3, -0.25) is 4.79 Å². The Hall–Kier alpha value is -0.570. The molecule has 192 valence electrons. The van der Waals surface area contributed by atoms with Crippen LogP contribution in [0.4, 0.5) is 0 Å². The molecule has 0 unspecified atom stereocenters. The van der Waals surface area contributed by atoms with Crippen molar-refractivity contribution in [3.63, 3.8) is 0 Å². The Morgan fingerprint density at radius 3 is 2.32 bits per heavy atom. The molecule has 6 aliphatic rings. The van der Waals surface area contributed by atoms with E-state index in [2.05, 4.69) is 34.6 Å². The molecule has 34 heavy (non-hydrogen) atoms. The number of cyclic esters (lactones) is 1. The van der Waals surface area contributed by atoms with Crippen molar-refractivity contribution in [1.82, 2.24) is 0 Å². The van der Waals surface area contributed by atoms with Crippen LogP contribution < -0.4 is 0 Å². The second-order valence-corrected chi connectivity index (χ2v) is 15.1. The second kappa shape index (κ2) is 7.26. The summed E-state index contributed by atoms with van der Waals surface area (Å²) in [4.78, 5) is 12.0. The molecule has 6 rings (SSSR count). The van der Waals surface area contributed by atoms with E-state index in [-0.39, 0.29) is 18.0 Å². The molecule has 0 aromatic carbocycles. The minimum Gasteiger partial charge on any atom is -0.462 e. The van der Waals surface area contributed by atoms with Gasteiger partial charge in [0.25, 0.3) is 0 Å². The van der Waals surface area contributed by atoms with Gasteiger partial charge in [-0.15, -0.1) is 0 Å². The average molecular weight is 471 g/mol. The lowest BCUT2D eigenvalue weighted by molar-refractivity contribution is -0.167. The molecule has 1 saturated heterocycles. The molecule has 6 fully saturated rings. The largest absolute Gasteiger partial charge is 0.462 e. The first kappa shape index (κ1) is 23.8. The van der Waals surface area contributed by atoms with E-state index in [0.717, 1.165) is 30.6 Å². The van der Waals surface area contributed by atoms with Crippen molar-refractivity contribution in [3.8, 4) is 0 Å². The summed E-state index contributed by atoms with van der Waals surface area (Å²) in [6.45, 7) is 15.0. The van der Waals surface area contributed by atoms with E-state index in [9.17, 15) is 4.79 Å². The fourth-order valence-electron chi connectivity index (χ4n) is 12.3. The summed E-state index contributed by atoms with van der Waals surface area (Å²) >= 11 is 0. The van der Waals surface area contributed by atoms with Crippen LogP contribution in [-0.4, -0.2) is 25.3 Å². The third-order valence-electron chi connectivity index (χ3n) is 14.0. The van der Waals surface area contributed by atoms with Crippen molar-refractivity contribution in [3.05, 3.63) is 0 Å². The van der Waals surface area contributed by atoms with E-state index >= 15 is 0 Å². The Bertz CT molecular complexity index is 865. The summed E-state index contributed by atoms with van der Waals surface area (Å²) in [5.41, 5.74) is 2.45. The topological polar surface area (TPSA) is 35.5 Å². The molecule has 0 radical (unpaired) electrons. The maximum atomic E-state index is 12.0. The van der Waals surface area contributed by atoms with Gasteiger partial charge < -0.3 is 9.47 Å². The smallest absolute Gasteiger partial charge is 0.309 e. The number of rotatable bonds is 4. The van der Waals surface area contributed by atoms with E-state index in [0.29, 0.717) is 39.1 Å².